The monoisotopic (exact) mass is 333 g/mol. The number of benzene rings is 2. The van der Waals surface area contributed by atoms with Gasteiger partial charge in [-0.25, -0.2) is 0 Å². The van der Waals surface area contributed by atoms with Crippen LogP contribution in [0.25, 0.3) is 0 Å². The molecule has 0 radical (unpaired) electrons. The Labute approximate surface area is 138 Å². The summed E-state index contributed by atoms with van der Waals surface area (Å²) in [6.45, 7) is 0. The number of nitrogens with zero attached hydrogens (tertiary/aromatic N) is 1. The number of hydrogen-bond acceptors (Lipinski definition) is 3. The maximum absolute atomic E-state index is 12.0. The van der Waals surface area contributed by atoms with Gasteiger partial charge in [0, 0.05) is 22.0 Å². The molecule has 2 aromatic carbocycles. The third kappa shape index (κ3) is 3.40. The molecule has 0 aliphatic carbocycles. The number of amides is 1. The van der Waals surface area contributed by atoms with Crippen molar-refractivity contribution in [1.82, 2.24) is 10.9 Å². The number of amidine groups is 1. The molecule has 0 spiro atoms. The molecule has 1 amide bonds. The van der Waals surface area contributed by atoms with Crippen LogP contribution in [0.1, 0.15) is 11.1 Å². The summed E-state index contributed by atoms with van der Waals surface area (Å²) in [5, 5.41) is 1.03. The summed E-state index contributed by atoms with van der Waals surface area (Å²) in [6, 6.07) is 14.4. The molecular formula is C16H13Cl2N3O. The molecule has 1 heterocycles. The molecule has 22 heavy (non-hydrogen) atoms. The molecule has 0 saturated heterocycles. The van der Waals surface area contributed by atoms with Crippen molar-refractivity contribution < 1.29 is 4.79 Å². The average molecular weight is 334 g/mol. The first-order valence-electron chi connectivity index (χ1n) is 6.76. The predicted octanol–water partition coefficient (Wildman–Crippen LogP) is 2.99. The number of carbonyl (C=O) groups is 1. The van der Waals surface area contributed by atoms with E-state index in [0.717, 1.165) is 11.1 Å². The first kappa shape index (κ1) is 14.9. The fourth-order valence-electron chi connectivity index (χ4n) is 2.26. The van der Waals surface area contributed by atoms with E-state index in [-0.39, 0.29) is 5.91 Å². The smallest absolute Gasteiger partial charge is 0.263 e. The molecule has 3 rings (SSSR count). The van der Waals surface area contributed by atoms with E-state index >= 15 is 0 Å². The van der Waals surface area contributed by atoms with E-state index in [2.05, 4.69) is 15.8 Å². The van der Waals surface area contributed by atoms with E-state index < -0.39 is 6.04 Å². The molecule has 1 aliphatic rings. The van der Waals surface area contributed by atoms with Gasteiger partial charge in [0.1, 0.15) is 11.9 Å². The molecule has 0 saturated carbocycles. The molecule has 112 valence electrons. The van der Waals surface area contributed by atoms with E-state index in [9.17, 15) is 4.79 Å². The highest BCUT2D eigenvalue weighted by Crippen LogP contribution is 2.20. The second-order valence-electron chi connectivity index (χ2n) is 4.96. The lowest BCUT2D eigenvalue weighted by molar-refractivity contribution is -0.123. The minimum atomic E-state index is -0.489. The molecule has 4 nitrogen and oxygen atoms in total. The fraction of sp³-hybridized carbons (Fsp3) is 0.125. The van der Waals surface area contributed by atoms with Crippen LogP contribution in [-0.4, -0.2) is 17.8 Å². The van der Waals surface area contributed by atoms with Gasteiger partial charge in [-0.1, -0.05) is 53.5 Å². The lowest BCUT2D eigenvalue weighted by atomic mass is 10.1. The van der Waals surface area contributed by atoms with E-state index in [1.54, 1.807) is 18.2 Å². The Hall–Kier alpha value is -2.04. The maximum atomic E-state index is 12.0. The number of hydrogen-bond donors (Lipinski definition) is 2. The van der Waals surface area contributed by atoms with E-state index in [0.29, 0.717) is 22.3 Å². The van der Waals surface area contributed by atoms with Crippen LogP contribution in [0, 0.1) is 0 Å². The zero-order chi connectivity index (χ0) is 15.5. The van der Waals surface area contributed by atoms with Gasteiger partial charge in [0.2, 0.25) is 0 Å². The van der Waals surface area contributed by atoms with Gasteiger partial charge >= 0.3 is 0 Å². The first-order chi connectivity index (χ1) is 10.6. The average Bonchev–Trinajstić information content (AvgIpc) is 2.49. The summed E-state index contributed by atoms with van der Waals surface area (Å²) >= 11 is 12.0. The van der Waals surface area contributed by atoms with Crippen molar-refractivity contribution in [1.29, 1.82) is 0 Å². The highest BCUT2D eigenvalue weighted by Gasteiger charge is 2.24. The Morgan fingerprint density at radius 2 is 1.68 bits per heavy atom. The zero-order valence-corrected chi connectivity index (χ0v) is 13.0. The van der Waals surface area contributed by atoms with Crippen molar-refractivity contribution in [2.75, 3.05) is 0 Å². The molecule has 0 fully saturated rings. The number of aliphatic imine (C=N–C) groups is 1. The summed E-state index contributed by atoms with van der Waals surface area (Å²) in [5.74, 6) is 0.380. The van der Waals surface area contributed by atoms with E-state index in [4.69, 9.17) is 23.2 Å². The van der Waals surface area contributed by atoms with Crippen LogP contribution in [0.3, 0.4) is 0 Å². The summed E-state index contributed by atoms with van der Waals surface area (Å²) in [4.78, 5) is 16.5. The van der Waals surface area contributed by atoms with Crippen molar-refractivity contribution in [2.24, 2.45) is 4.99 Å². The molecule has 2 aromatic rings. The van der Waals surface area contributed by atoms with Gasteiger partial charge in [0.05, 0.1) is 0 Å². The summed E-state index contributed by atoms with van der Waals surface area (Å²) in [5.41, 5.74) is 7.21. The second-order valence-corrected chi connectivity index (χ2v) is 5.83. The van der Waals surface area contributed by atoms with Gasteiger partial charge in [0.25, 0.3) is 5.91 Å². The number of halogens is 2. The predicted molar refractivity (Wildman–Crippen MR) is 88.2 cm³/mol. The lowest BCUT2D eigenvalue weighted by Crippen LogP contribution is -2.52. The molecule has 1 atom stereocenters. The van der Waals surface area contributed by atoms with Crippen molar-refractivity contribution in [2.45, 2.75) is 12.5 Å². The van der Waals surface area contributed by atoms with Crippen LogP contribution in [0.2, 0.25) is 10.0 Å². The Balaban J connectivity index is 1.89. The Morgan fingerprint density at radius 3 is 2.36 bits per heavy atom. The normalized spacial score (nSPS) is 17.5. The van der Waals surface area contributed by atoms with Gasteiger partial charge in [-0.05, 0) is 23.8 Å². The Morgan fingerprint density at radius 1 is 1.00 bits per heavy atom. The third-order valence-electron chi connectivity index (χ3n) is 3.30. The number of nitrogens with one attached hydrogen (secondary N) is 2. The van der Waals surface area contributed by atoms with Crippen LogP contribution < -0.4 is 10.9 Å². The largest absolute Gasteiger partial charge is 0.282 e. The fourth-order valence-corrected chi connectivity index (χ4v) is 2.79. The van der Waals surface area contributed by atoms with E-state index in [1.807, 2.05) is 30.3 Å². The number of carbonyl (C=O) groups excluding carboxylic acids is 1. The molecule has 2 N–H and O–H groups in total. The van der Waals surface area contributed by atoms with Crippen molar-refractivity contribution >= 4 is 34.9 Å². The van der Waals surface area contributed by atoms with Crippen LogP contribution in [0.5, 0.6) is 0 Å². The SMILES string of the molecule is O=C1NNC(c2cc(Cl)cc(Cl)c2)=NC1Cc1ccccc1. The lowest BCUT2D eigenvalue weighted by Gasteiger charge is -2.22. The van der Waals surface area contributed by atoms with Crippen molar-refractivity contribution in [3.63, 3.8) is 0 Å². The van der Waals surface area contributed by atoms with E-state index in [1.165, 1.54) is 0 Å². The van der Waals surface area contributed by atoms with Gasteiger partial charge in [-0.3, -0.25) is 20.6 Å². The van der Waals surface area contributed by atoms with Crippen LogP contribution in [0.15, 0.2) is 53.5 Å². The maximum Gasteiger partial charge on any atom is 0.263 e. The molecule has 6 heteroatoms. The standard InChI is InChI=1S/C16H13Cl2N3O/c17-12-7-11(8-13(18)9-12)15-19-14(16(22)21-20-15)6-10-4-2-1-3-5-10/h1-5,7-9,14H,6H2,(H,19,20)(H,21,22). The Kier molecular flexibility index (Phi) is 4.32. The number of rotatable bonds is 3. The first-order valence-corrected chi connectivity index (χ1v) is 7.51. The van der Waals surface area contributed by atoms with Crippen LogP contribution in [-0.2, 0) is 11.2 Å². The van der Waals surface area contributed by atoms with Gasteiger partial charge in [-0.2, -0.15) is 0 Å². The molecule has 1 unspecified atom stereocenters. The highest BCUT2D eigenvalue weighted by molar-refractivity contribution is 6.35. The summed E-state index contributed by atoms with van der Waals surface area (Å²) < 4.78 is 0. The van der Waals surface area contributed by atoms with Crippen molar-refractivity contribution in [3.8, 4) is 0 Å². The third-order valence-corrected chi connectivity index (χ3v) is 3.74. The van der Waals surface area contributed by atoms with Gasteiger partial charge < -0.3 is 0 Å². The van der Waals surface area contributed by atoms with Gasteiger partial charge in [0.15, 0.2) is 0 Å². The number of hydrazine groups is 1. The highest BCUT2D eigenvalue weighted by atomic mass is 35.5. The van der Waals surface area contributed by atoms with Crippen molar-refractivity contribution in [3.05, 3.63) is 69.7 Å². The Bertz CT molecular complexity index is 711. The van der Waals surface area contributed by atoms with Crippen LogP contribution >= 0.6 is 23.2 Å². The van der Waals surface area contributed by atoms with Gasteiger partial charge in [-0.15, -0.1) is 0 Å². The molecule has 0 bridgehead atoms. The minimum absolute atomic E-state index is 0.166. The quantitative estimate of drug-likeness (QED) is 0.907. The van der Waals surface area contributed by atoms with Crippen LogP contribution in [0.4, 0.5) is 0 Å². The zero-order valence-electron chi connectivity index (χ0n) is 11.5. The topological polar surface area (TPSA) is 53.5 Å². The molecule has 0 aromatic heterocycles. The summed E-state index contributed by atoms with van der Waals surface area (Å²) in [7, 11) is 0. The molecular weight excluding hydrogens is 321 g/mol. The second kappa shape index (κ2) is 6.38. The molecule has 1 aliphatic heterocycles. The summed E-state index contributed by atoms with van der Waals surface area (Å²) in [6.07, 6.45) is 0.534. The minimum Gasteiger partial charge on any atom is -0.282 e.